The maximum Gasteiger partial charge on any atom is 0.338 e. The molecule has 0 bridgehead atoms. The molecule has 3 aromatic rings. The smallest absolute Gasteiger partial charge is 0.338 e. The monoisotopic (exact) mass is 392 g/mol. The van der Waals surface area contributed by atoms with Crippen LogP contribution in [0.15, 0.2) is 52.2 Å². The number of aryl methyl sites for hydroxylation is 1. The summed E-state index contributed by atoms with van der Waals surface area (Å²) in [4.78, 5) is 23.2. The number of hydrogen-bond acceptors (Lipinski definition) is 6. The number of anilines is 1. The van der Waals surface area contributed by atoms with Gasteiger partial charge in [0.15, 0.2) is 0 Å². The molecule has 26 heavy (non-hydrogen) atoms. The normalized spacial score (nSPS) is 11.5. The first kappa shape index (κ1) is 18.2. The molecular formula is C17H16N2O5S2. The van der Waals surface area contributed by atoms with Gasteiger partial charge in [0, 0.05) is 12.7 Å². The van der Waals surface area contributed by atoms with Gasteiger partial charge in [-0.15, -0.1) is 0 Å². The molecule has 0 saturated heterocycles. The largest absolute Gasteiger partial charge is 0.462 e. The Balaban J connectivity index is 1.87. The van der Waals surface area contributed by atoms with Gasteiger partial charge in [-0.1, -0.05) is 11.3 Å². The van der Waals surface area contributed by atoms with Crippen molar-refractivity contribution in [3.8, 4) is 0 Å². The molecule has 0 aliphatic rings. The first-order valence-electron chi connectivity index (χ1n) is 7.71. The third-order valence-corrected chi connectivity index (χ3v) is 6.10. The summed E-state index contributed by atoms with van der Waals surface area (Å²) in [5.74, 6) is -0.466. The van der Waals surface area contributed by atoms with Crippen molar-refractivity contribution in [3.05, 3.63) is 57.7 Å². The molecule has 7 nitrogen and oxygen atoms in total. The molecule has 0 amide bonds. The van der Waals surface area contributed by atoms with Crippen LogP contribution in [0, 0.1) is 0 Å². The minimum absolute atomic E-state index is 0.0568. The number of esters is 1. The van der Waals surface area contributed by atoms with Crippen LogP contribution in [0.5, 0.6) is 0 Å². The minimum Gasteiger partial charge on any atom is -0.462 e. The van der Waals surface area contributed by atoms with Gasteiger partial charge in [0.05, 0.1) is 27.3 Å². The van der Waals surface area contributed by atoms with Gasteiger partial charge in [0.25, 0.3) is 10.0 Å². The molecule has 0 saturated carbocycles. The first-order chi connectivity index (χ1) is 12.3. The van der Waals surface area contributed by atoms with Gasteiger partial charge in [0.2, 0.25) is 0 Å². The standard InChI is InChI=1S/C17H16N2O5S2/c1-3-24-16(20)11-4-6-12(7-5-11)18-26(22,23)13-8-9-14-15(10-13)25-17(21)19(14)2/h4-10,18H,3H2,1-2H3. The molecule has 1 aromatic heterocycles. The topological polar surface area (TPSA) is 94.5 Å². The minimum atomic E-state index is -3.82. The fourth-order valence-corrected chi connectivity index (χ4v) is 4.46. The van der Waals surface area contributed by atoms with Crippen molar-refractivity contribution in [2.45, 2.75) is 11.8 Å². The zero-order valence-corrected chi connectivity index (χ0v) is 15.7. The van der Waals surface area contributed by atoms with Gasteiger partial charge in [-0.05, 0) is 49.4 Å². The number of carbonyl (C=O) groups is 1. The molecule has 0 spiro atoms. The van der Waals surface area contributed by atoms with Gasteiger partial charge in [-0.3, -0.25) is 9.52 Å². The van der Waals surface area contributed by atoms with Gasteiger partial charge < -0.3 is 9.30 Å². The van der Waals surface area contributed by atoms with Gasteiger partial charge in [-0.25, -0.2) is 13.2 Å². The zero-order valence-electron chi connectivity index (χ0n) is 14.1. The second-order valence-corrected chi connectivity index (χ2v) is 8.14. The van der Waals surface area contributed by atoms with E-state index in [1.54, 1.807) is 20.0 Å². The maximum absolute atomic E-state index is 12.6. The summed E-state index contributed by atoms with van der Waals surface area (Å²) < 4.78 is 34.6. The predicted molar refractivity (Wildman–Crippen MR) is 100 cm³/mol. The van der Waals surface area contributed by atoms with Crippen LogP contribution < -0.4 is 9.60 Å². The van der Waals surface area contributed by atoms with Gasteiger partial charge in [-0.2, -0.15) is 0 Å². The number of fused-ring (bicyclic) bond motifs is 1. The van der Waals surface area contributed by atoms with E-state index in [1.165, 1.54) is 41.0 Å². The van der Waals surface area contributed by atoms with Crippen LogP contribution in [-0.4, -0.2) is 25.6 Å². The molecule has 0 radical (unpaired) electrons. The highest BCUT2D eigenvalue weighted by atomic mass is 32.2. The molecule has 0 fully saturated rings. The number of aromatic nitrogens is 1. The third-order valence-electron chi connectivity index (χ3n) is 3.72. The Hall–Kier alpha value is -2.65. The second kappa shape index (κ2) is 6.93. The number of sulfonamides is 1. The number of ether oxygens (including phenoxy) is 1. The Morgan fingerprint density at radius 3 is 2.54 bits per heavy atom. The average Bonchev–Trinajstić information content (AvgIpc) is 2.89. The highest BCUT2D eigenvalue weighted by Crippen LogP contribution is 2.23. The fraction of sp³-hybridized carbons (Fsp3) is 0.176. The molecule has 9 heteroatoms. The molecular weight excluding hydrogens is 376 g/mol. The van der Waals surface area contributed by atoms with E-state index in [9.17, 15) is 18.0 Å². The van der Waals surface area contributed by atoms with Crippen LogP contribution in [-0.2, 0) is 21.8 Å². The molecule has 0 aliphatic heterocycles. The molecule has 2 aromatic carbocycles. The van der Waals surface area contributed by atoms with Crippen LogP contribution in [0.1, 0.15) is 17.3 Å². The fourth-order valence-electron chi connectivity index (χ4n) is 2.38. The van der Waals surface area contributed by atoms with Crippen LogP contribution in [0.3, 0.4) is 0 Å². The quantitative estimate of drug-likeness (QED) is 0.674. The Morgan fingerprint density at radius 1 is 1.19 bits per heavy atom. The highest BCUT2D eigenvalue weighted by Gasteiger charge is 2.17. The third kappa shape index (κ3) is 3.49. The lowest BCUT2D eigenvalue weighted by Gasteiger charge is -2.09. The van der Waals surface area contributed by atoms with Gasteiger partial charge >= 0.3 is 10.8 Å². The highest BCUT2D eigenvalue weighted by molar-refractivity contribution is 7.92. The van der Waals surface area contributed by atoms with E-state index in [0.29, 0.717) is 21.5 Å². The van der Waals surface area contributed by atoms with Crippen molar-refractivity contribution in [3.63, 3.8) is 0 Å². The lowest BCUT2D eigenvalue weighted by Crippen LogP contribution is -2.13. The van der Waals surface area contributed by atoms with Crippen molar-refractivity contribution in [1.82, 2.24) is 4.57 Å². The number of thiazole rings is 1. The molecule has 136 valence electrons. The maximum atomic E-state index is 12.6. The Labute approximate surface area is 153 Å². The summed E-state index contributed by atoms with van der Waals surface area (Å²) in [7, 11) is -2.18. The number of benzene rings is 2. The van der Waals surface area contributed by atoms with Crippen LogP contribution in [0.25, 0.3) is 10.2 Å². The van der Waals surface area contributed by atoms with Crippen LogP contribution in [0.2, 0.25) is 0 Å². The number of nitrogens with zero attached hydrogens (tertiary/aromatic N) is 1. The molecule has 0 aliphatic carbocycles. The summed E-state index contributed by atoms with van der Waals surface area (Å²) >= 11 is 0.989. The molecule has 1 N–H and O–H groups in total. The van der Waals surface area contributed by atoms with E-state index < -0.39 is 16.0 Å². The first-order valence-corrected chi connectivity index (χ1v) is 10.0. The van der Waals surface area contributed by atoms with Crippen molar-refractivity contribution >= 4 is 43.2 Å². The SMILES string of the molecule is CCOC(=O)c1ccc(NS(=O)(=O)c2ccc3c(c2)sc(=O)n3C)cc1. The van der Waals surface area contributed by atoms with E-state index in [-0.39, 0.29) is 16.4 Å². The Morgan fingerprint density at radius 2 is 1.88 bits per heavy atom. The zero-order chi connectivity index (χ0) is 18.9. The number of nitrogens with one attached hydrogen (secondary N) is 1. The number of carbonyl (C=O) groups excluding carboxylic acids is 1. The lowest BCUT2D eigenvalue weighted by molar-refractivity contribution is 0.0526. The Kier molecular flexibility index (Phi) is 4.84. The number of rotatable bonds is 5. The summed E-state index contributed by atoms with van der Waals surface area (Å²) in [6.07, 6.45) is 0. The summed E-state index contributed by atoms with van der Waals surface area (Å²) in [6.45, 7) is 1.97. The van der Waals surface area contributed by atoms with E-state index >= 15 is 0 Å². The van der Waals surface area contributed by atoms with Crippen molar-refractivity contribution in [1.29, 1.82) is 0 Å². The Bertz CT molecular complexity index is 1130. The molecule has 1 heterocycles. The molecule has 3 rings (SSSR count). The van der Waals surface area contributed by atoms with Crippen molar-refractivity contribution < 1.29 is 17.9 Å². The van der Waals surface area contributed by atoms with E-state index in [2.05, 4.69) is 4.72 Å². The van der Waals surface area contributed by atoms with Gasteiger partial charge in [0.1, 0.15) is 0 Å². The number of hydrogen-bond donors (Lipinski definition) is 1. The van der Waals surface area contributed by atoms with E-state index in [4.69, 9.17) is 4.74 Å². The predicted octanol–water partition coefficient (Wildman–Crippen LogP) is 2.58. The second-order valence-electron chi connectivity index (χ2n) is 5.46. The summed E-state index contributed by atoms with van der Waals surface area (Å²) in [5.41, 5.74) is 1.34. The van der Waals surface area contributed by atoms with Crippen molar-refractivity contribution in [2.24, 2.45) is 7.05 Å². The van der Waals surface area contributed by atoms with E-state index in [0.717, 1.165) is 11.3 Å². The summed E-state index contributed by atoms with van der Waals surface area (Å²) in [5, 5.41) is 0. The molecule has 0 atom stereocenters. The van der Waals surface area contributed by atoms with Crippen LogP contribution >= 0.6 is 11.3 Å². The van der Waals surface area contributed by atoms with E-state index in [1.807, 2.05) is 0 Å². The summed E-state index contributed by atoms with van der Waals surface area (Å²) in [6, 6.07) is 10.5. The average molecular weight is 392 g/mol. The van der Waals surface area contributed by atoms with Crippen LogP contribution in [0.4, 0.5) is 5.69 Å². The lowest BCUT2D eigenvalue weighted by atomic mass is 10.2. The van der Waals surface area contributed by atoms with Crippen molar-refractivity contribution in [2.75, 3.05) is 11.3 Å². The molecule has 0 unspecified atom stereocenters.